The summed E-state index contributed by atoms with van der Waals surface area (Å²) in [4.78, 5) is 0. The van der Waals surface area contributed by atoms with Crippen molar-refractivity contribution in [1.82, 2.24) is 5.32 Å². The average molecular weight is 229 g/mol. The van der Waals surface area contributed by atoms with Crippen molar-refractivity contribution in [2.24, 2.45) is 5.41 Å². The van der Waals surface area contributed by atoms with E-state index in [0.717, 1.165) is 30.0 Å². The summed E-state index contributed by atoms with van der Waals surface area (Å²) < 4.78 is 5.67. The van der Waals surface area contributed by atoms with E-state index in [-0.39, 0.29) is 5.41 Å². The molecule has 17 heavy (non-hydrogen) atoms. The Morgan fingerprint density at radius 1 is 1.47 bits per heavy atom. The van der Waals surface area contributed by atoms with Crippen LogP contribution in [-0.2, 0) is 4.74 Å². The lowest BCUT2D eigenvalue weighted by Gasteiger charge is -2.25. The lowest BCUT2D eigenvalue weighted by molar-refractivity contribution is 0.342. The molecule has 90 valence electrons. The fourth-order valence-corrected chi connectivity index (χ4v) is 1.86. The van der Waals surface area contributed by atoms with E-state index in [4.69, 9.17) is 4.74 Å². The summed E-state index contributed by atoms with van der Waals surface area (Å²) in [6, 6.07) is 0. The minimum absolute atomic E-state index is 0.0824. The maximum atomic E-state index is 5.67. The van der Waals surface area contributed by atoms with E-state index < -0.39 is 0 Å². The van der Waals surface area contributed by atoms with Crippen LogP contribution in [0.15, 0.2) is 60.1 Å². The Labute approximate surface area is 103 Å². The molecule has 1 aliphatic carbocycles. The van der Waals surface area contributed by atoms with Crippen molar-refractivity contribution >= 4 is 0 Å². The van der Waals surface area contributed by atoms with Gasteiger partial charge >= 0.3 is 0 Å². The van der Waals surface area contributed by atoms with Crippen LogP contribution in [0.2, 0.25) is 0 Å². The fourth-order valence-electron chi connectivity index (χ4n) is 1.86. The molecule has 0 atom stereocenters. The first kappa shape index (κ1) is 11.9. The Morgan fingerprint density at radius 2 is 2.29 bits per heavy atom. The van der Waals surface area contributed by atoms with E-state index in [1.165, 1.54) is 0 Å². The number of ether oxygens (including phenoxy) is 1. The highest BCUT2D eigenvalue weighted by Crippen LogP contribution is 2.33. The molecule has 2 rings (SSSR count). The van der Waals surface area contributed by atoms with Crippen molar-refractivity contribution < 1.29 is 4.74 Å². The molecule has 0 saturated heterocycles. The van der Waals surface area contributed by atoms with Crippen molar-refractivity contribution in [3.05, 3.63) is 60.1 Å². The number of nitrogens with one attached hydrogen (secondary N) is 1. The molecule has 0 saturated carbocycles. The predicted molar refractivity (Wildman–Crippen MR) is 71.3 cm³/mol. The molecule has 0 spiro atoms. The predicted octanol–water partition coefficient (Wildman–Crippen LogP) is 3.08. The Bertz CT molecular complexity index is 436. The van der Waals surface area contributed by atoms with Crippen LogP contribution in [0.1, 0.15) is 13.8 Å². The molecule has 0 fully saturated rings. The van der Waals surface area contributed by atoms with Gasteiger partial charge in [-0.2, -0.15) is 0 Å². The van der Waals surface area contributed by atoms with Gasteiger partial charge in [-0.25, -0.2) is 0 Å². The number of fused-ring (bicyclic) bond motifs is 1. The largest absolute Gasteiger partial charge is 0.464 e. The van der Waals surface area contributed by atoms with Crippen LogP contribution >= 0.6 is 0 Å². The molecule has 2 nitrogen and oxygen atoms in total. The van der Waals surface area contributed by atoms with Gasteiger partial charge in [0.25, 0.3) is 0 Å². The van der Waals surface area contributed by atoms with Gasteiger partial charge in [0.2, 0.25) is 0 Å². The summed E-state index contributed by atoms with van der Waals surface area (Å²) in [6.45, 7) is 9.63. The minimum atomic E-state index is 0.0824. The van der Waals surface area contributed by atoms with Gasteiger partial charge in [-0.05, 0) is 12.2 Å². The van der Waals surface area contributed by atoms with Crippen molar-refractivity contribution in [3.63, 3.8) is 0 Å². The van der Waals surface area contributed by atoms with Gasteiger partial charge in [-0.1, -0.05) is 32.1 Å². The highest BCUT2D eigenvalue weighted by molar-refractivity contribution is 5.48. The second-order valence-corrected chi connectivity index (χ2v) is 4.99. The van der Waals surface area contributed by atoms with Crippen molar-refractivity contribution in [2.45, 2.75) is 13.8 Å². The molecule has 0 aromatic rings. The van der Waals surface area contributed by atoms with Crippen LogP contribution in [0.3, 0.4) is 0 Å². The molecular formula is C15H19NO. The second-order valence-electron chi connectivity index (χ2n) is 4.99. The third-order valence-corrected chi connectivity index (χ3v) is 2.78. The maximum absolute atomic E-state index is 5.67. The van der Waals surface area contributed by atoms with Crippen LogP contribution in [0.4, 0.5) is 0 Å². The molecule has 1 heterocycles. The molecule has 1 N–H and O–H groups in total. The highest BCUT2D eigenvalue weighted by atomic mass is 16.5. The molecule has 0 aromatic carbocycles. The van der Waals surface area contributed by atoms with Crippen LogP contribution in [0, 0.1) is 5.41 Å². The Hall–Kier alpha value is -1.54. The first-order valence-electron chi connectivity index (χ1n) is 5.92. The Kier molecular flexibility index (Phi) is 3.34. The monoisotopic (exact) mass is 229 g/mol. The number of hydrogen-bond acceptors (Lipinski definition) is 2. The summed E-state index contributed by atoms with van der Waals surface area (Å²) in [6.07, 6.45) is 12.3. The third kappa shape index (κ3) is 2.98. The second kappa shape index (κ2) is 4.76. The fraction of sp³-hybridized carbons (Fsp3) is 0.333. The lowest BCUT2D eigenvalue weighted by Crippen LogP contribution is -2.18. The molecule has 1 aliphatic heterocycles. The summed E-state index contributed by atoms with van der Waals surface area (Å²) in [5, 5.41) is 3.26. The summed E-state index contributed by atoms with van der Waals surface area (Å²) in [7, 11) is 0. The van der Waals surface area contributed by atoms with Crippen LogP contribution in [0.5, 0.6) is 0 Å². The number of hydrogen-bond donors (Lipinski definition) is 1. The Morgan fingerprint density at radius 3 is 3.06 bits per heavy atom. The zero-order valence-corrected chi connectivity index (χ0v) is 10.5. The van der Waals surface area contributed by atoms with Crippen LogP contribution in [-0.4, -0.2) is 13.1 Å². The van der Waals surface area contributed by atoms with Gasteiger partial charge in [0.05, 0.1) is 6.26 Å². The molecule has 0 radical (unpaired) electrons. The molecule has 0 bridgehead atoms. The van der Waals surface area contributed by atoms with Crippen molar-refractivity contribution in [3.8, 4) is 0 Å². The van der Waals surface area contributed by atoms with E-state index >= 15 is 0 Å². The van der Waals surface area contributed by atoms with E-state index in [2.05, 4.69) is 50.0 Å². The highest BCUT2D eigenvalue weighted by Gasteiger charge is 2.21. The molecular weight excluding hydrogens is 210 g/mol. The van der Waals surface area contributed by atoms with Crippen LogP contribution < -0.4 is 5.32 Å². The number of rotatable bonds is 4. The molecule has 2 heteroatoms. The Balaban J connectivity index is 2.06. The van der Waals surface area contributed by atoms with Gasteiger partial charge in [-0.3, -0.25) is 0 Å². The topological polar surface area (TPSA) is 21.3 Å². The standard InChI is InChI=1S/C15H19NO/c1-4-7-16-10-12-8-13-5-6-15(2,3)9-14(13)17-11-12/h4-6,8-9,11,16H,1,7,10H2,2-3H3. The quantitative estimate of drug-likeness (QED) is 0.591. The normalized spacial score (nSPS) is 20.7. The molecule has 2 aliphatic rings. The SMILES string of the molecule is C=CCNCC1=COC2=CC(C)(C)C=CC2=C1. The number of allylic oxidation sites excluding steroid dienone is 3. The van der Waals surface area contributed by atoms with Gasteiger partial charge in [-0.15, -0.1) is 6.58 Å². The first-order valence-corrected chi connectivity index (χ1v) is 5.92. The van der Waals surface area contributed by atoms with Crippen molar-refractivity contribution in [2.75, 3.05) is 13.1 Å². The van der Waals surface area contributed by atoms with Gasteiger partial charge < -0.3 is 10.1 Å². The lowest BCUT2D eigenvalue weighted by atomic mass is 9.85. The van der Waals surface area contributed by atoms with Gasteiger partial charge in [0.15, 0.2) is 0 Å². The van der Waals surface area contributed by atoms with E-state index in [9.17, 15) is 0 Å². The molecule has 0 amide bonds. The van der Waals surface area contributed by atoms with Gasteiger partial charge in [0.1, 0.15) is 5.76 Å². The van der Waals surface area contributed by atoms with Crippen molar-refractivity contribution in [1.29, 1.82) is 0 Å². The molecule has 0 aromatic heterocycles. The smallest absolute Gasteiger partial charge is 0.130 e. The summed E-state index contributed by atoms with van der Waals surface area (Å²) in [5.41, 5.74) is 2.39. The minimum Gasteiger partial charge on any atom is -0.464 e. The zero-order valence-electron chi connectivity index (χ0n) is 10.5. The maximum Gasteiger partial charge on any atom is 0.130 e. The van der Waals surface area contributed by atoms with E-state index in [1.54, 1.807) is 0 Å². The zero-order chi connectivity index (χ0) is 12.3. The summed E-state index contributed by atoms with van der Waals surface area (Å²) >= 11 is 0. The first-order chi connectivity index (χ1) is 8.11. The average Bonchev–Trinajstić information content (AvgIpc) is 2.29. The van der Waals surface area contributed by atoms with E-state index in [1.807, 2.05) is 12.3 Å². The molecule has 0 unspecified atom stereocenters. The summed E-state index contributed by atoms with van der Waals surface area (Å²) in [5.74, 6) is 0.963. The van der Waals surface area contributed by atoms with E-state index in [0.29, 0.717) is 0 Å². The van der Waals surface area contributed by atoms with Gasteiger partial charge in [0, 0.05) is 29.7 Å². The van der Waals surface area contributed by atoms with Crippen LogP contribution in [0.25, 0.3) is 0 Å². The third-order valence-electron chi connectivity index (χ3n) is 2.78.